The summed E-state index contributed by atoms with van der Waals surface area (Å²) in [4.78, 5) is 14.9. The molecular formula is C21H26N8O2S. The summed E-state index contributed by atoms with van der Waals surface area (Å²) < 4.78 is 27.5. The number of rotatable bonds is 9. The van der Waals surface area contributed by atoms with E-state index in [0.29, 0.717) is 35.0 Å². The molecule has 0 saturated carbocycles. The van der Waals surface area contributed by atoms with E-state index >= 15 is 0 Å². The summed E-state index contributed by atoms with van der Waals surface area (Å²) >= 11 is 0. The highest BCUT2D eigenvalue weighted by Gasteiger charge is 2.17. The van der Waals surface area contributed by atoms with Crippen LogP contribution in [0.3, 0.4) is 0 Å². The van der Waals surface area contributed by atoms with Crippen molar-refractivity contribution in [1.82, 2.24) is 19.9 Å². The molecular weight excluding hydrogens is 428 g/mol. The van der Waals surface area contributed by atoms with Gasteiger partial charge in [-0.1, -0.05) is 0 Å². The van der Waals surface area contributed by atoms with Gasteiger partial charge in [0, 0.05) is 42.4 Å². The SMILES string of the molecule is CC(=N)c1c(N)nc(-c2ccc(NS(=O)(=O)c3cccnc3)cc2)nc1NCCN(C)C. The van der Waals surface area contributed by atoms with E-state index in [9.17, 15) is 8.42 Å². The van der Waals surface area contributed by atoms with Crippen LogP contribution in [0.4, 0.5) is 17.3 Å². The first-order valence-electron chi connectivity index (χ1n) is 9.82. The Morgan fingerprint density at radius 3 is 2.47 bits per heavy atom. The molecule has 0 unspecified atom stereocenters. The van der Waals surface area contributed by atoms with Gasteiger partial charge >= 0.3 is 0 Å². The fourth-order valence-corrected chi connectivity index (χ4v) is 3.93. The van der Waals surface area contributed by atoms with Crippen LogP contribution in [0.2, 0.25) is 0 Å². The Kier molecular flexibility index (Phi) is 7.01. The van der Waals surface area contributed by atoms with E-state index < -0.39 is 10.0 Å². The lowest BCUT2D eigenvalue weighted by molar-refractivity contribution is 0.425. The van der Waals surface area contributed by atoms with Gasteiger partial charge in [0.25, 0.3) is 10.0 Å². The molecule has 10 nitrogen and oxygen atoms in total. The van der Waals surface area contributed by atoms with Crippen LogP contribution in [0, 0.1) is 5.41 Å². The molecule has 2 heterocycles. The van der Waals surface area contributed by atoms with Gasteiger partial charge < -0.3 is 21.4 Å². The van der Waals surface area contributed by atoms with Crippen molar-refractivity contribution >= 4 is 33.1 Å². The van der Waals surface area contributed by atoms with Gasteiger partial charge in [-0.2, -0.15) is 0 Å². The summed E-state index contributed by atoms with van der Waals surface area (Å²) in [5, 5.41) is 11.2. The summed E-state index contributed by atoms with van der Waals surface area (Å²) in [5.74, 6) is 1.07. The van der Waals surface area contributed by atoms with Gasteiger partial charge in [-0.15, -0.1) is 0 Å². The normalized spacial score (nSPS) is 11.4. The van der Waals surface area contributed by atoms with Gasteiger partial charge in [-0.25, -0.2) is 18.4 Å². The molecule has 0 atom stereocenters. The molecule has 0 spiro atoms. The minimum absolute atomic E-state index is 0.0752. The Bertz CT molecular complexity index is 1200. The number of hydrogen-bond donors (Lipinski definition) is 4. The Labute approximate surface area is 187 Å². The predicted molar refractivity (Wildman–Crippen MR) is 126 cm³/mol. The van der Waals surface area contributed by atoms with Crippen LogP contribution in [0.5, 0.6) is 0 Å². The number of pyridine rings is 1. The van der Waals surface area contributed by atoms with Crippen LogP contribution < -0.4 is 15.8 Å². The first-order chi connectivity index (χ1) is 15.2. The Morgan fingerprint density at radius 1 is 1.16 bits per heavy atom. The number of benzene rings is 1. The van der Waals surface area contributed by atoms with Crippen molar-refractivity contribution in [3.05, 3.63) is 54.4 Å². The van der Waals surface area contributed by atoms with E-state index in [1.807, 2.05) is 19.0 Å². The molecule has 11 heteroatoms. The van der Waals surface area contributed by atoms with Crippen molar-refractivity contribution in [3.63, 3.8) is 0 Å². The maximum atomic E-state index is 12.5. The largest absolute Gasteiger partial charge is 0.383 e. The maximum Gasteiger partial charge on any atom is 0.263 e. The Balaban J connectivity index is 1.86. The van der Waals surface area contributed by atoms with Gasteiger partial charge in [-0.3, -0.25) is 9.71 Å². The molecule has 0 fully saturated rings. The topological polar surface area (TPSA) is 150 Å². The number of hydrogen-bond acceptors (Lipinski definition) is 9. The lowest BCUT2D eigenvalue weighted by atomic mass is 10.1. The van der Waals surface area contributed by atoms with Crippen molar-refractivity contribution in [2.75, 3.05) is 43.0 Å². The highest BCUT2D eigenvalue weighted by atomic mass is 32.2. The summed E-state index contributed by atoms with van der Waals surface area (Å²) in [6, 6.07) is 9.68. The molecule has 0 radical (unpaired) electrons. The first-order valence-corrected chi connectivity index (χ1v) is 11.3. The number of nitrogen functional groups attached to an aromatic ring is 1. The molecule has 0 aliphatic rings. The molecule has 32 heavy (non-hydrogen) atoms. The van der Waals surface area contributed by atoms with E-state index in [2.05, 4.69) is 25.0 Å². The summed E-state index contributed by atoms with van der Waals surface area (Å²) in [7, 11) is 0.195. The predicted octanol–water partition coefficient (Wildman–Crippen LogP) is 2.28. The van der Waals surface area contributed by atoms with Crippen LogP contribution in [-0.2, 0) is 10.0 Å². The van der Waals surface area contributed by atoms with Crippen LogP contribution in [-0.4, -0.2) is 61.2 Å². The molecule has 2 aromatic heterocycles. The zero-order valence-electron chi connectivity index (χ0n) is 18.1. The maximum absolute atomic E-state index is 12.5. The second-order valence-electron chi connectivity index (χ2n) is 7.38. The monoisotopic (exact) mass is 454 g/mol. The Morgan fingerprint density at radius 2 is 1.88 bits per heavy atom. The minimum Gasteiger partial charge on any atom is -0.383 e. The number of aromatic nitrogens is 3. The average molecular weight is 455 g/mol. The van der Waals surface area contributed by atoms with E-state index in [1.165, 1.54) is 18.5 Å². The molecule has 0 amide bonds. The van der Waals surface area contributed by atoms with Gasteiger partial charge in [0.2, 0.25) is 0 Å². The van der Waals surface area contributed by atoms with Crippen molar-refractivity contribution in [3.8, 4) is 11.4 Å². The highest BCUT2D eigenvalue weighted by molar-refractivity contribution is 7.92. The molecule has 168 valence electrons. The van der Waals surface area contributed by atoms with Gasteiger partial charge in [-0.05, 0) is 57.4 Å². The Hall–Kier alpha value is -3.57. The van der Waals surface area contributed by atoms with Crippen molar-refractivity contribution in [2.24, 2.45) is 0 Å². The third-order valence-electron chi connectivity index (χ3n) is 4.50. The molecule has 0 saturated heterocycles. The molecule has 1 aromatic carbocycles. The van der Waals surface area contributed by atoms with Crippen LogP contribution >= 0.6 is 0 Å². The van der Waals surface area contributed by atoms with Gasteiger partial charge in [0.05, 0.1) is 5.56 Å². The number of anilines is 3. The number of nitrogens with zero attached hydrogens (tertiary/aromatic N) is 4. The van der Waals surface area contributed by atoms with Crippen molar-refractivity contribution < 1.29 is 8.42 Å². The van der Waals surface area contributed by atoms with Gasteiger partial charge in [0.1, 0.15) is 16.5 Å². The highest BCUT2D eigenvalue weighted by Crippen LogP contribution is 2.26. The second-order valence-corrected chi connectivity index (χ2v) is 9.07. The zero-order chi connectivity index (χ0) is 23.3. The van der Waals surface area contributed by atoms with E-state index in [-0.39, 0.29) is 16.4 Å². The quantitative estimate of drug-likeness (QED) is 0.360. The van der Waals surface area contributed by atoms with Crippen LogP contribution in [0.1, 0.15) is 12.5 Å². The fraction of sp³-hybridized carbons (Fsp3) is 0.238. The zero-order valence-corrected chi connectivity index (χ0v) is 18.9. The lowest BCUT2D eigenvalue weighted by Crippen LogP contribution is -2.22. The standard InChI is InChI=1S/C21H26N8O2S/c1-14(22)18-19(23)26-20(27-21(18)25-11-12-29(2)3)15-6-8-16(9-7-15)28-32(30,31)17-5-4-10-24-13-17/h4-10,13,22,28H,11-12H2,1-3H3,(H3,23,25,26,27). The van der Waals surface area contributed by atoms with Gasteiger partial charge in [0.15, 0.2) is 5.82 Å². The second kappa shape index (κ2) is 9.71. The van der Waals surface area contributed by atoms with Crippen LogP contribution in [0.15, 0.2) is 53.7 Å². The van der Waals surface area contributed by atoms with Crippen molar-refractivity contribution in [1.29, 1.82) is 5.41 Å². The summed E-state index contributed by atoms with van der Waals surface area (Å²) in [5.41, 5.74) is 7.91. The first kappa shape index (κ1) is 23.1. The molecule has 3 rings (SSSR count). The molecule has 0 bridgehead atoms. The number of likely N-dealkylation sites (N-methyl/N-ethyl adjacent to an activating group) is 1. The number of nitrogens with one attached hydrogen (secondary N) is 3. The molecule has 3 aromatic rings. The molecule has 0 aliphatic heterocycles. The van der Waals surface area contributed by atoms with E-state index in [4.69, 9.17) is 11.1 Å². The van der Waals surface area contributed by atoms with E-state index in [0.717, 1.165) is 6.54 Å². The van der Waals surface area contributed by atoms with Crippen molar-refractivity contribution in [2.45, 2.75) is 11.8 Å². The minimum atomic E-state index is -3.74. The van der Waals surface area contributed by atoms with Crippen LogP contribution in [0.25, 0.3) is 11.4 Å². The molecule has 5 N–H and O–H groups in total. The summed E-state index contributed by atoms with van der Waals surface area (Å²) in [6.07, 6.45) is 2.79. The summed E-state index contributed by atoms with van der Waals surface area (Å²) in [6.45, 7) is 3.04. The number of sulfonamides is 1. The molecule has 0 aliphatic carbocycles. The third kappa shape index (κ3) is 5.56. The number of nitrogens with two attached hydrogens (primary N) is 1. The third-order valence-corrected chi connectivity index (χ3v) is 5.87. The lowest BCUT2D eigenvalue weighted by Gasteiger charge is -2.16. The average Bonchev–Trinajstić information content (AvgIpc) is 2.74. The van der Waals surface area contributed by atoms with E-state index in [1.54, 1.807) is 37.3 Å². The smallest absolute Gasteiger partial charge is 0.263 e. The fourth-order valence-electron chi connectivity index (χ4n) is 2.91.